The lowest BCUT2D eigenvalue weighted by Crippen LogP contribution is -2.09. The van der Waals surface area contributed by atoms with E-state index in [0.29, 0.717) is 5.39 Å². The Labute approximate surface area is 139 Å². The molecule has 1 aromatic heterocycles. The number of fused-ring (bicyclic) bond motifs is 1. The van der Waals surface area contributed by atoms with Gasteiger partial charge in [0.25, 0.3) is 0 Å². The van der Waals surface area contributed by atoms with Crippen LogP contribution in [-0.4, -0.2) is 22.8 Å². The van der Waals surface area contributed by atoms with Crippen LogP contribution in [0.5, 0.6) is 5.75 Å². The lowest BCUT2D eigenvalue weighted by Gasteiger charge is -2.07. The number of nitrogens with zero attached hydrogens (tertiary/aromatic N) is 1. The number of benzene rings is 2. The van der Waals surface area contributed by atoms with E-state index in [1.54, 1.807) is 12.1 Å². The van der Waals surface area contributed by atoms with E-state index in [0.717, 1.165) is 0 Å². The Bertz CT molecular complexity index is 910. The standard InChI is InChI=1S/C15H8Cl2FNO4/c16-13-10(22-6-11(20)21)5-9-12(14(13)17)15(19-23-9)7-3-1-2-4-8(7)18/h1-5H,6H2,(H,20,21). The van der Waals surface area contributed by atoms with E-state index in [1.165, 1.54) is 18.2 Å². The highest BCUT2D eigenvalue weighted by molar-refractivity contribution is 6.46. The van der Waals surface area contributed by atoms with Crippen molar-refractivity contribution in [2.24, 2.45) is 0 Å². The lowest BCUT2D eigenvalue weighted by atomic mass is 10.1. The summed E-state index contributed by atoms with van der Waals surface area (Å²) in [6, 6.07) is 7.39. The van der Waals surface area contributed by atoms with Gasteiger partial charge in [-0.3, -0.25) is 0 Å². The fourth-order valence-corrected chi connectivity index (χ4v) is 2.57. The summed E-state index contributed by atoms with van der Waals surface area (Å²) in [6.07, 6.45) is 0. The minimum absolute atomic E-state index is 0.00112. The van der Waals surface area contributed by atoms with Crippen LogP contribution in [-0.2, 0) is 4.79 Å². The van der Waals surface area contributed by atoms with Crippen LogP contribution in [0.2, 0.25) is 10.0 Å². The molecule has 118 valence electrons. The summed E-state index contributed by atoms with van der Waals surface area (Å²) in [5, 5.41) is 12.9. The fraction of sp³-hybridized carbons (Fsp3) is 0.0667. The smallest absolute Gasteiger partial charge is 0.341 e. The van der Waals surface area contributed by atoms with Gasteiger partial charge in [0.05, 0.1) is 10.4 Å². The average Bonchev–Trinajstić information content (AvgIpc) is 2.93. The Morgan fingerprint density at radius 3 is 2.74 bits per heavy atom. The van der Waals surface area contributed by atoms with Gasteiger partial charge in [-0.25, -0.2) is 9.18 Å². The number of hydrogen-bond donors (Lipinski definition) is 1. The molecule has 3 aromatic rings. The molecule has 0 amide bonds. The first-order chi connectivity index (χ1) is 11.0. The Kier molecular flexibility index (Phi) is 4.11. The first-order valence-corrected chi connectivity index (χ1v) is 7.11. The Morgan fingerprint density at radius 1 is 1.30 bits per heavy atom. The third-order valence-corrected chi connectivity index (χ3v) is 3.94. The molecule has 23 heavy (non-hydrogen) atoms. The molecule has 0 fully saturated rings. The van der Waals surface area contributed by atoms with Crippen molar-refractivity contribution in [2.75, 3.05) is 6.61 Å². The van der Waals surface area contributed by atoms with Crippen LogP contribution in [0.3, 0.4) is 0 Å². The zero-order valence-electron chi connectivity index (χ0n) is 11.3. The molecule has 1 heterocycles. The number of halogens is 3. The molecule has 0 atom stereocenters. The van der Waals surface area contributed by atoms with Crippen LogP contribution >= 0.6 is 23.2 Å². The number of carbonyl (C=O) groups is 1. The van der Waals surface area contributed by atoms with Crippen molar-refractivity contribution in [1.29, 1.82) is 0 Å². The summed E-state index contributed by atoms with van der Waals surface area (Å²) in [5.41, 5.74) is 0.622. The number of aliphatic carboxylic acids is 1. The second-order valence-electron chi connectivity index (χ2n) is 4.57. The van der Waals surface area contributed by atoms with Crippen LogP contribution < -0.4 is 4.74 Å². The Balaban J connectivity index is 2.16. The van der Waals surface area contributed by atoms with E-state index in [1.807, 2.05) is 0 Å². The first kappa shape index (κ1) is 15.6. The third-order valence-electron chi connectivity index (χ3n) is 3.09. The zero-order chi connectivity index (χ0) is 16.6. The number of carboxylic acids is 1. The van der Waals surface area contributed by atoms with Gasteiger partial charge < -0.3 is 14.4 Å². The fourth-order valence-electron chi connectivity index (χ4n) is 2.10. The number of hydrogen-bond acceptors (Lipinski definition) is 4. The highest BCUT2D eigenvalue weighted by atomic mass is 35.5. The lowest BCUT2D eigenvalue weighted by molar-refractivity contribution is -0.139. The summed E-state index contributed by atoms with van der Waals surface area (Å²) >= 11 is 12.3. The summed E-state index contributed by atoms with van der Waals surface area (Å²) in [4.78, 5) is 10.6. The van der Waals surface area contributed by atoms with Crippen LogP contribution in [0.1, 0.15) is 0 Å². The van der Waals surface area contributed by atoms with Gasteiger partial charge in [0.15, 0.2) is 12.2 Å². The minimum atomic E-state index is -1.16. The second-order valence-corrected chi connectivity index (χ2v) is 5.33. The maximum absolute atomic E-state index is 14.0. The molecule has 0 aliphatic rings. The van der Waals surface area contributed by atoms with Gasteiger partial charge in [-0.15, -0.1) is 0 Å². The van der Waals surface area contributed by atoms with E-state index in [4.69, 9.17) is 37.6 Å². The molecule has 0 spiro atoms. The summed E-state index contributed by atoms with van der Waals surface area (Å²) in [7, 11) is 0. The molecule has 8 heteroatoms. The molecule has 3 rings (SSSR count). The molecule has 0 aliphatic heterocycles. The monoisotopic (exact) mass is 355 g/mol. The van der Waals surface area contributed by atoms with E-state index in [-0.39, 0.29) is 32.6 Å². The number of aromatic nitrogens is 1. The first-order valence-electron chi connectivity index (χ1n) is 6.36. The molecule has 0 unspecified atom stereocenters. The third kappa shape index (κ3) is 2.83. The second kappa shape index (κ2) is 6.06. The van der Waals surface area contributed by atoms with Crippen molar-refractivity contribution >= 4 is 40.1 Å². The van der Waals surface area contributed by atoms with Crippen molar-refractivity contribution in [1.82, 2.24) is 5.16 Å². The van der Waals surface area contributed by atoms with E-state index < -0.39 is 18.4 Å². The average molecular weight is 356 g/mol. The number of ether oxygens (including phenoxy) is 1. The number of rotatable bonds is 4. The molecule has 5 nitrogen and oxygen atoms in total. The molecule has 1 N–H and O–H groups in total. The van der Waals surface area contributed by atoms with Crippen LogP contribution in [0.15, 0.2) is 34.9 Å². The van der Waals surface area contributed by atoms with Crippen molar-refractivity contribution in [3.63, 3.8) is 0 Å². The van der Waals surface area contributed by atoms with Crippen molar-refractivity contribution < 1.29 is 23.6 Å². The van der Waals surface area contributed by atoms with E-state index >= 15 is 0 Å². The van der Waals surface area contributed by atoms with Crippen molar-refractivity contribution in [3.05, 3.63) is 46.2 Å². The molecule has 0 radical (unpaired) electrons. The molecule has 0 saturated carbocycles. The highest BCUT2D eigenvalue weighted by Crippen LogP contribution is 2.43. The van der Waals surface area contributed by atoms with Crippen LogP contribution in [0.25, 0.3) is 22.2 Å². The maximum Gasteiger partial charge on any atom is 0.341 e. The van der Waals surface area contributed by atoms with Crippen molar-refractivity contribution in [3.8, 4) is 17.0 Å². The zero-order valence-corrected chi connectivity index (χ0v) is 12.9. The summed E-state index contributed by atoms with van der Waals surface area (Å²) < 4.78 is 24.2. The summed E-state index contributed by atoms with van der Waals surface area (Å²) in [6.45, 7) is -0.587. The minimum Gasteiger partial charge on any atom is -0.480 e. The highest BCUT2D eigenvalue weighted by Gasteiger charge is 2.21. The molecular weight excluding hydrogens is 348 g/mol. The van der Waals surface area contributed by atoms with Gasteiger partial charge in [0.1, 0.15) is 22.3 Å². The summed E-state index contributed by atoms with van der Waals surface area (Å²) in [5.74, 6) is -1.61. The van der Waals surface area contributed by atoms with Gasteiger partial charge >= 0.3 is 5.97 Å². The maximum atomic E-state index is 14.0. The Morgan fingerprint density at radius 2 is 2.04 bits per heavy atom. The molecule has 0 aliphatic carbocycles. The predicted octanol–water partition coefficient (Wildman–Crippen LogP) is 4.40. The van der Waals surface area contributed by atoms with Gasteiger partial charge in [-0.05, 0) is 12.1 Å². The van der Waals surface area contributed by atoms with Gasteiger partial charge in [0, 0.05) is 11.6 Å². The Hall–Kier alpha value is -2.31. The topological polar surface area (TPSA) is 72.6 Å². The van der Waals surface area contributed by atoms with Crippen molar-refractivity contribution in [2.45, 2.75) is 0 Å². The normalized spacial score (nSPS) is 10.9. The molecule has 0 bridgehead atoms. The van der Waals surface area contributed by atoms with Crippen LogP contribution in [0, 0.1) is 5.82 Å². The van der Waals surface area contributed by atoms with Crippen LogP contribution in [0.4, 0.5) is 4.39 Å². The van der Waals surface area contributed by atoms with Gasteiger partial charge in [0.2, 0.25) is 0 Å². The molecule has 0 saturated heterocycles. The predicted molar refractivity (Wildman–Crippen MR) is 82.6 cm³/mol. The number of carboxylic acid groups (broad SMARTS) is 1. The van der Waals surface area contributed by atoms with E-state index in [2.05, 4.69) is 5.16 Å². The largest absolute Gasteiger partial charge is 0.480 e. The quantitative estimate of drug-likeness (QED) is 0.750. The molecular formula is C15H8Cl2FNO4. The SMILES string of the molecule is O=C(O)COc1cc2onc(-c3ccccc3F)c2c(Cl)c1Cl. The van der Waals surface area contributed by atoms with Gasteiger partial charge in [-0.1, -0.05) is 40.5 Å². The molecule has 2 aromatic carbocycles. The van der Waals surface area contributed by atoms with E-state index in [9.17, 15) is 9.18 Å². The van der Waals surface area contributed by atoms with Gasteiger partial charge in [-0.2, -0.15) is 0 Å².